The number of rotatable bonds is 3. The van der Waals surface area contributed by atoms with Gasteiger partial charge in [-0.15, -0.1) is 0 Å². The molecular weight excluding hydrogens is 402 g/mol. The van der Waals surface area contributed by atoms with Gasteiger partial charge in [0.15, 0.2) is 0 Å². The standard InChI is InChI=1S/C26H33N3O3/c1-17-4-3-5-19-14-22-23(24(30)26(17,19)2)21(25(31)32-22)16-28-10-12-29(13-11-28)20-8-6-18(15-27)7-9-20/h5-9,17,21-24,30H,3-4,10-14,16H2,1-2H3/t17-,21+,22+,23+,24+,26+/m0/s1. The van der Waals surface area contributed by atoms with Gasteiger partial charge in [0.25, 0.3) is 0 Å². The predicted molar refractivity (Wildman–Crippen MR) is 122 cm³/mol. The first-order chi connectivity index (χ1) is 15.4. The van der Waals surface area contributed by atoms with Crippen molar-refractivity contribution >= 4 is 11.7 Å². The van der Waals surface area contributed by atoms with Crippen molar-refractivity contribution in [2.24, 2.45) is 23.2 Å². The molecule has 0 spiro atoms. The second-order valence-corrected chi connectivity index (χ2v) is 10.2. The molecule has 4 aliphatic rings. The minimum atomic E-state index is -0.542. The van der Waals surface area contributed by atoms with E-state index >= 15 is 0 Å². The van der Waals surface area contributed by atoms with Crippen LogP contribution in [0.4, 0.5) is 5.69 Å². The number of nitrogens with zero attached hydrogens (tertiary/aromatic N) is 3. The number of carbonyl (C=O) groups is 1. The van der Waals surface area contributed by atoms with E-state index in [1.54, 1.807) is 0 Å². The van der Waals surface area contributed by atoms with Crippen LogP contribution in [-0.2, 0) is 9.53 Å². The molecule has 1 aromatic rings. The molecule has 0 bridgehead atoms. The lowest BCUT2D eigenvalue weighted by atomic mass is 9.55. The number of aliphatic hydroxyl groups excluding tert-OH is 1. The summed E-state index contributed by atoms with van der Waals surface area (Å²) in [6, 6.07) is 9.88. The van der Waals surface area contributed by atoms with Crippen LogP contribution >= 0.6 is 0 Å². The molecule has 2 saturated heterocycles. The van der Waals surface area contributed by atoms with E-state index in [9.17, 15) is 9.90 Å². The first kappa shape index (κ1) is 21.5. The van der Waals surface area contributed by atoms with Crippen molar-refractivity contribution in [3.63, 3.8) is 0 Å². The molecule has 6 heteroatoms. The topological polar surface area (TPSA) is 76.8 Å². The lowest BCUT2D eigenvalue weighted by Gasteiger charge is -2.52. The number of hydrogen-bond acceptors (Lipinski definition) is 6. The predicted octanol–water partition coefficient (Wildman–Crippen LogP) is 2.97. The van der Waals surface area contributed by atoms with Crippen LogP contribution in [0.3, 0.4) is 0 Å². The van der Waals surface area contributed by atoms with Crippen molar-refractivity contribution in [3.05, 3.63) is 41.5 Å². The molecule has 1 N–H and O–H groups in total. The molecule has 0 radical (unpaired) electrons. The quantitative estimate of drug-likeness (QED) is 0.581. The van der Waals surface area contributed by atoms with E-state index in [2.05, 4.69) is 35.8 Å². The van der Waals surface area contributed by atoms with Crippen LogP contribution in [0.2, 0.25) is 0 Å². The highest BCUT2D eigenvalue weighted by molar-refractivity contribution is 5.76. The third-order valence-corrected chi connectivity index (χ3v) is 8.76. The van der Waals surface area contributed by atoms with Gasteiger partial charge < -0.3 is 14.7 Å². The second kappa shape index (κ2) is 8.20. The van der Waals surface area contributed by atoms with Crippen LogP contribution in [0.1, 0.15) is 38.7 Å². The van der Waals surface area contributed by atoms with Crippen molar-refractivity contribution in [3.8, 4) is 6.07 Å². The Morgan fingerprint density at radius 1 is 1.22 bits per heavy atom. The fourth-order valence-corrected chi connectivity index (χ4v) is 6.49. The van der Waals surface area contributed by atoms with E-state index in [4.69, 9.17) is 10.00 Å². The Balaban J connectivity index is 1.26. The van der Waals surface area contributed by atoms with Crippen LogP contribution in [-0.4, -0.2) is 60.9 Å². The summed E-state index contributed by atoms with van der Waals surface area (Å²) in [5, 5.41) is 20.5. The Hall–Kier alpha value is -2.36. The van der Waals surface area contributed by atoms with E-state index in [0.29, 0.717) is 18.0 Å². The third-order valence-electron chi connectivity index (χ3n) is 8.76. The summed E-state index contributed by atoms with van der Waals surface area (Å²) in [7, 11) is 0. The molecule has 3 fully saturated rings. The second-order valence-electron chi connectivity index (χ2n) is 10.2. The zero-order chi connectivity index (χ0) is 22.5. The number of anilines is 1. The van der Waals surface area contributed by atoms with Gasteiger partial charge in [-0.05, 0) is 43.0 Å². The minimum absolute atomic E-state index is 0.123. The minimum Gasteiger partial charge on any atom is -0.461 e. The maximum absolute atomic E-state index is 12.9. The van der Waals surface area contributed by atoms with E-state index in [1.165, 1.54) is 5.57 Å². The lowest BCUT2D eigenvalue weighted by Crippen LogP contribution is -2.55. The zero-order valence-electron chi connectivity index (χ0n) is 19.0. The fourth-order valence-electron chi connectivity index (χ4n) is 6.49. The average Bonchev–Trinajstić information content (AvgIpc) is 3.11. The van der Waals surface area contributed by atoms with Crippen molar-refractivity contribution < 1.29 is 14.6 Å². The Morgan fingerprint density at radius 3 is 2.62 bits per heavy atom. The van der Waals surface area contributed by atoms with Gasteiger partial charge in [0, 0.05) is 56.2 Å². The highest BCUT2D eigenvalue weighted by atomic mass is 16.6. The van der Waals surface area contributed by atoms with Crippen molar-refractivity contribution in [2.75, 3.05) is 37.6 Å². The summed E-state index contributed by atoms with van der Waals surface area (Å²) in [5.41, 5.74) is 2.84. The monoisotopic (exact) mass is 435 g/mol. The number of esters is 1. The van der Waals surface area contributed by atoms with Crippen LogP contribution in [0, 0.1) is 34.5 Å². The van der Waals surface area contributed by atoms with Crippen LogP contribution in [0.25, 0.3) is 0 Å². The lowest BCUT2D eigenvalue weighted by molar-refractivity contribution is -0.145. The summed E-state index contributed by atoms with van der Waals surface area (Å²) >= 11 is 0. The van der Waals surface area contributed by atoms with Crippen LogP contribution in [0.5, 0.6) is 0 Å². The van der Waals surface area contributed by atoms with Gasteiger partial charge in [-0.2, -0.15) is 5.26 Å². The number of hydrogen-bond donors (Lipinski definition) is 1. The van der Waals surface area contributed by atoms with E-state index in [-0.39, 0.29) is 29.3 Å². The van der Waals surface area contributed by atoms with Gasteiger partial charge in [0.2, 0.25) is 0 Å². The van der Waals surface area contributed by atoms with Crippen molar-refractivity contribution in [2.45, 2.75) is 45.3 Å². The number of ether oxygens (including phenoxy) is 1. The molecule has 5 rings (SSSR count). The highest BCUT2D eigenvalue weighted by Crippen LogP contribution is 2.56. The van der Waals surface area contributed by atoms with Gasteiger partial charge >= 0.3 is 5.97 Å². The maximum Gasteiger partial charge on any atom is 0.311 e. The Morgan fingerprint density at radius 2 is 1.94 bits per heavy atom. The SMILES string of the molecule is C[C@H]1CCC=C2C[C@H]3OC(=O)[C@H](CN4CCN(c5ccc(C#N)cc5)CC4)[C@H]3[C@@H](O)[C@@]21C. The summed E-state index contributed by atoms with van der Waals surface area (Å²) in [4.78, 5) is 17.6. The number of fused-ring (bicyclic) bond motifs is 2. The number of benzene rings is 1. The number of allylic oxidation sites excluding steroid dienone is 1. The van der Waals surface area contributed by atoms with Crippen LogP contribution in [0.15, 0.2) is 35.9 Å². The van der Waals surface area contributed by atoms with Gasteiger partial charge in [-0.1, -0.05) is 25.5 Å². The maximum atomic E-state index is 12.9. The smallest absolute Gasteiger partial charge is 0.311 e. The van der Waals surface area contributed by atoms with Gasteiger partial charge in [-0.3, -0.25) is 9.69 Å². The third kappa shape index (κ3) is 3.43. The van der Waals surface area contributed by atoms with E-state index in [1.807, 2.05) is 24.3 Å². The molecule has 32 heavy (non-hydrogen) atoms. The Labute approximate surface area is 190 Å². The molecule has 2 aliphatic carbocycles. The van der Waals surface area contributed by atoms with Crippen molar-refractivity contribution in [1.82, 2.24) is 4.90 Å². The molecule has 0 amide bonds. The van der Waals surface area contributed by atoms with Gasteiger partial charge in [-0.25, -0.2) is 0 Å². The largest absolute Gasteiger partial charge is 0.461 e. The molecule has 170 valence electrons. The number of piperazine rings is 1. The van der Waals surface area contributed by atoms with Crippen LogP contribution < -0.4 is 4.90 Å². The highest BCUT2D eigenvalue weighted by Gasteiger charge is 2.59. The Bertz CT molecular complexity index is 944. The molecule has 0 unspecified atom stereocenters. The average molecular weight is 436 g/mol. The van der Waals surface area contributed by atoms with E-state index < -0.39 is 6.10 Å². The molecule has 6 atom stereocenters. The molecule has 1 saturated carbocycles. The first-order valence-corrected chi connectivity index (χ1v) is 12.0. The van der Waals surface area contributed by atoms with E-state index in [0.717, 1.165) is 51.1 Å². The molecule has 6 nitrogen and oxygen atoms in total. The fraction of sp³-hybridized carbons (Fsp3) is 0.615. The number of nitriles is 1. The first-order valence-electron chi connectivity index (χ1n) is 12.0. The normalized spacial score (nSPS) is 37.2. The molecular formula is C26H33N3O3. The molecule has 2 aliphatic heterocycles. The summed E-state index contributed by atoms with van der Waals surface area (Å²) < 4.78 is 5.83. The molecule has 1 aromatic carbocycles. The van der Waals surface area contributed by atoms with Gasteiger partial charge in [0.05, 0.1) is 23.7 Å². The zero-order valence-corrected chi connectivity index (χ0v) is 19.0. The molecule has 0 aromatic heterocycles. The van der Waals surface area contributed by atoms with Gasteiger partial charge in [0.1, 0.15) is 6.10 Å². The summed E-state index contributed by atoms with van der Waals surface area (Å²) in [5.74, 6) is -0.111. The number of carbonyl (C=O) groups excluding carboxylic acids is 1. The molecule has 2 heterocycles. The summed E-state index contributed by atoms with van der Waals surface area (Å²) in [6.07, 6.45) is 4.47. The number of aliphatic hydroxyl groups is 1. The Kier molecular flexibility index (Phi) is 5.51. The summed E-state index contributed by atoms with van der Waals surface area (Å²) in [6.45, 7) is 8.59. The van der Waals surface area contributed by atoms with Crippen molar-refractivity contribution in [1.29, 1.82) is 5.26 Å².